The first-order chi connectivity index (χ1) is 14.6. The first-order valence-corrected chi connectivity index (χ1v) is 10.9. The zero-order chi connectivity index (χ0) is 20.9. The van der Waals surface area contributed by atoms with E-state index < -0.39 is 6.61 Å². The van der Waals surface area contributed by atoms with Crippen molar-refractivity contribution in [3.05, 3.63) is 77.4 Å². The van der Waals surface area contributed by atoms with Gasteiger partial charge in [-0.3, -0.25) is 0 Å². The molecule has 30 heavy (non-hydrogen) atoms. The molecule has 0 heterocycles. The summed E-state index contributed by atoms with van der Waals surface area (Å²) in [5.74, 6) is 0.185. The minimum atomic E-state index is -2.80. The van der Waals surface area contributed by atoms with E-state index in [1.807, 2.05) is 12.1 Å². The monoisotopic (exact) mass is 406 g/mol. The lowest BCUT2D eigenvalue weighted by Gasteiger charge is -2.08. The van der Waals surface area contributed by atoms with Gasteiger partial charge in [-0.15, -0.1) is 0 Å². The Morgan fingerprint density at radius 3 is 2.17 bits per heavy atom. The van der Waals surface area contributed by atoms with Crippen molar-refractivity contribution in [2.45, 2.75) is 58.5 Å². The molecule has 0 bridgehead atoms. The molecule has 0 fully saturated rings. The quantitative estimate of drug-likeness (QED) is 0.256. The van der Waals surface area contributed by atoms with Gasteiger partial charge in [-0.05, 0) is 70.3 Å². The zero-order valence-electron chi connectivity index (χ0n) is 17.5. The zero-order valence-corrected chi connectivity index (χ0v) is 17.5. The molecule has 3 heteroatoms. The second-order valence-electron chi connectivity index (χ2n) is 8.11. The standard InChI is InChI=1S/C27H28F2O/c1-2-3-4-5-6-7-19-8-14-25-22(16-19)18-23-17-21(11-15-26(23)25)20-9-12-24(13-10-20)30-27(28)29/h8-17,27H,2-7,18H2,1H3. The number of hydrogen-bond acceptors (Lipinski definition) is 1. The van der Waals surface area contributed by atoms with Crippen LogP contribution in [-0.4, -0.2) is 6.61 Å². The first-order valence-electron chi connectivity index (χ1n) is 10.9. The Morgan fingerprint density at radius 2 is 1.43 bits per heavy atom. The maximum atomic E-state index is 12.3. The molecule has 0 spiro atoms. The second-order valence-corrected chi connectivity index (χ2v) is 8.11. The van der Waals surface area contributed by atoms with Gasteiger partial charge in [0.1, 0.15) is 5.75 Å². The number of fused-ring (bicyclic) bond motifs is 3. The van der Waals surface area contributed by atoms with E-state index in [1.165, 1.54) is 59.9 Å². The van der Waals surface area contributed by atoms with Crippen LogP contribution in [0.3, 0.4) is 0 Å². The predicted octanol–water partition coefficient (Wildman–Crippen LogP) is 8.04. The van der Waals surface area contributed by atoms with E-state index in [9.17, 15) is 8.78 Å². The van der Waals surface area contributed by atoms with Crippen LogP contribution in [0, 0.1) is 0 Å². The van der Waals surface area contributed by atoms with Crippen LogP contribution in [0.15, 0.2) is 60.7 Å². The van der Waals surface area contributed by atoms with E-state index in [0.717, 1.165) is 24.0 Å². The van der Waals surface area contributed by atoms with Crippen molar-refractivity contribution in [3.8, 4) is 28.0 Å². The predicted molar refractivity (Wildman–Crippen MR) is 119 cm³/mol. The van der Waals surface area contributed by atoms with Crippen LogP contribution < -0.4 is 4.74 Å². The number of ether oxygens (including phenoxy) is 1. The third-order valence-electron chi connectivity index (χ3n) is 5.93. The van der Waals surface area contributed by atoms with Crippen molar-refractivity contribution in [2.75, 3.05) is 0 Å². The molecule has 0 unspecified atom stereocenters. The summed E-state index contributed by atoms with van der Waals surface area (Å²) in [6.45, 7) is -0.545. The summed E-state index contributed by atoms with van der Waals surface area (Å²) in [5, 5.41) is 0. The van der Waals surface area contributed by atoms with Crippen LogP contribution >= 0.6 is 0 Å². The van der Waals surface area contributed by atoms with Crippen LogP contribution in [-0.2, 0) is 12.8 Å². The highest BCUT2D eigenvalue weighted by Gasteiger charge is 2.19. The molecule has 0 aliphatic heterocycles. The number of hydrogen-bond donors (Lipinski definition) is 0. The number of benzene rings is 3. The van der Waals surface area contributed by atoms with Crippen LogP contribution in [0.2, 0.25) is 0 Å². The molecule has 156 valence electrons. The summed E-state index contributed by atoms with van der Waals surface area (Å²) in [6.07, 6.45) is 8.65. The average Bonchev–Trinajstić information content (AvgIpc) is 3.10. The van der Waals surface area contributed by atoms with Gasteiger partial charge in [0.25, 0.3) is 0 Å². The fourth-order valence-electron chi connectivity index (χ4n) is 4.36. The van der Waals surface area contributed by atoms with Crippen molar-refractivity contribution in [1.29, 1.82) is 0 Å². The third kappa shape index (κ3) is 4.72. The Hall–Kier alpha value is -2.68. The molecule has 0 aromatic heterocycles. The van der Waals surface area contributed by atoms with Crippen LogP contribution in [0.4, 0.5) is 8.78 Å². The SMILES string of the molecule is CCCCCCCc1ccc2c(c1)Cc1cc(-c3ccc(OC(F)F)cc3)ccc1-2. The number of halogens is 2. The number of rotatable bonds is 9. The van der Waals surface area contributed by atoms with E-state index in [-0.39, 0.29) is 5.75 Å². The van der Waals surface area contributed by atoms with Crippen molar-refractivity contribution in [2.24, 2.45) is 0 Å². The Labute approximate surface area is 177 Å². The molecule has 0 saturated heterocycles. The fourth-order valence-corrected chi connectivity index (χ4v) is 4.36. The molecule has 0 radical (unpaired) electrons. The first kappa shape index (κ1) is 20.6. The molecule has 0 amide bonds. The summed E-state index contributed by atoms with van der Waals surface area (Å²) >= 11 is 0. The summed E-state index contributed by atoms with van der Waals surface area (Å²) in [4.78, 5) is 0. The molecule has 0 atom stereocenters. The van der Waals surface area contributed by atoms with Gasteiger partial charge in [0, 0.05) is 0 Å². The smallest absolute Gasteiger partial charge is 0.387 e. The van der Waals surface area contributed by atoms with E-state index in [1.54, 1.807) is 12.1 Å². The second kappa shape index (κ2) is 9.42. The summed E-state index contributed by atoms with van der Waals surface area (Å²) in [7, 11) is 0. The van der Waals surface area contributed by atoms with Gasteiger partial charge in [0.05, 0.1) is 0 Å². The van der Waals surface area contributed by atoms with Crippen molar-refractivity contribution in [1.82, 2.24) is 0 Å². The third-order valence-corrected chi connectivity index (χ3v) is 5.93. The van der Waals surface area contributed by atoms with Gasteiger partial charge >= 0.3 is 6.61 Å². The van der Waals surface area contributed by atoms with Crippen molar-refractivity contribution >= 4 is 0 Å². The highest BCUT2D eigenvalue weighted by molar-refractivity contribution is 5.80. The Morgan fingerprint density at radius 1 is 0.767 bits per heavy atom. The molecule has 0 saturated carbocycles. The molecule has 1 aliphatic rings. The van der Waals surface area contributed by atoms with E-state index in [2.05, 4.69) is 48.1 Å². The average molecular weight is 407 g/mol. The van der Waals surface area contributed by atoms with E-state index in [0.29, 0.717) is 0 Å². The van der Waals surface area contributed by atoms with Gasteiger partial charge < -0.3 is 4.74 Å². The van der Waals surface area contributed by atoms with Gasteiger partial charge in [-0.1, -0.05) is 81.1 Å². The molecular weight excluding hydrogens is 378 g/mol. The lowest BCUT2D eigenvalue weighted by atomic mass is 9.98. The number of alkyl halides is 2. The molecule has 3 aromatic carbocycles. The molecule has 4 rings (SSSR count). The minimum absolute atomic E-state index is 0.185. The summed E-state index contributed by atoms with van der Waals surface area (Å²) < 4.78 is 29.1. The van der Waals surface area contributed by atoms with Crippen LogP contribution in [0.1, 0.15) is 55.7 Å². The van der Waals surface area contributed by atoms with Crippen LogP contribution in [0.5, 0.6) is 5.75 Å². The topological polar surface area (TPSA) is 9.23 Å². The summed E-state index contributed by atoms with van der Waals surface area (Å²) in [5.41, 5.74) is 8.93. The maximum absolute atomic E-state index is 12.3. The Bertz CT molecular complexity index is 992. The molecule has 0 N–H and O–H groups in total. The maximum Gasteiger partial charge on any atom is 0.387 e. The number of unbranched alkanes of at least 4 members (excludes halogenated alkanes) is 4. The van der Waals surface area contributed by atoms with Crippen LogP contribution in [0.25, 0.3) is 22.3 Å². The highest BCUT2D eigenvalue weighted by atomic mass is 19.3. The normalized spacial score (nSPS) is 12.1. The largest absolute Gasteiger partial charge is 0.435 e. The Balaban J connectivity index is 1.46. The van der Waals surface area contributed by atoms with E-state index >= 15 is 0 Å². The van der Waals surface area contributed by atoms with E-state index in [4.69, 9.17) is 0 Å². The lowest BCUT2D eigenvalue weighted by molar-refractivity contribution is -0.0498. The lowest BCUT2D eigenvalue weighted by Crippen LogP contribution is -2.01. The van der Waals surface area contributed by atoms with Gasteiger partial charge in [-0.2, -0.15) is 8.78 Å². The van der Waals surface area contributed by atoms with Gasteiger partial charge in [0.15, 0.2) is 0 Å². The molecule has 3 aromatic rings. The van der Waals surface area contributed by atoms with Crippen molar-refractivity contribution < 1.29 is 13.5 Å². The fraction of sp³-hybridized carbons (Fsp3) is 0.333. The molecule has 1 nitrogen and oxygen atoms in total. The van der Waals surface area contributed by atoms with Crippen molar-refractivity contribution in [3.63, 3.8) is 0 Å². The molecule has 1 aliphatic carbocycles. The highest BCUT2D eigenvalue weighted by Crippen LogP contribution is 2.39. The summed E-state index contributed by atoms with van der Waals surface area (Å²) in [6, 6.07) is 20.3. The van der Waals surface area contributed by atoms with Gasteiger partial charge in [0.2, 0.25) is 0 Å². The number of aryl methyl sites for hydroxylation is 1. The molecular formula is C27H28F2O. The Kier molecular flexibility index (Phi) is 6.47. The minimum Gasteiger partial charge on any atom is -0.435 e. The van der Waals surface area contributed by atoms with Gasteiger partial charge in [-0.25, -0.2) is 0 Å².